The number of sulfonamides is 1. The molecule has 0 aliphatic rings. The van der Waals surface area contributed by atoms with Crippen LogP contribution in [0, 0.1) is 0 Å². The SMILES string of the molecule is COC(=O)c1ccc(S(=O)(=O)N(Cc2ccc(C(F)(F)F)cc2)c2ncc(Cl)cc2Cl)cc1. The third-order valence-electron chi connectivity index (χ3n) is 4.50. The third-order valence-corrected chi connectivity index (χ3v) is 6.73. The molecule has 0 radical (unpaired) electrons. The van der Waals surface area contributed by atoms with E-state index >= 15 is 0 Å². The van der Waals surface area contributed by atoms with E-state index in [1.54, 1.807) is 0 Å². The molecule has 1 aromatic heterocycles. The number of aromatic nitrogens is 1. The highest BCUT2D eigenvalue weighted by Gasteiger charge is 2.31. The first-order valence-corrected chi connectivity index (χ1v) is 11.3. The van der Waals surface area contributed by atoms with Crippen LogP contribution in [0.4, 0.5) is 19.0 Å². The van der Waals surface area contributed by atoms with E-state index in [1.807, 2.05) is 0 Å². The zero-order chi connectivity index (χ0) is 24.4. The molecule has 0 saturated carbocycles. The molecule has 12 heteroatoms. The third kappa shape index (κ3) is 5.58. The topological polar surface area (TPSA) is 76.6 Å². The van der Waals surface area contributed by atoms with Crippen molar-refractivity contribution >= 4 is 45.0 Å². The Morgan fingerprint density at radius 1 is 1.06 bits per heavy atom. The van der Waals surface area contributed by atoms with Gasteiger partial charge in [-0.05, 0) is 48.0 Å². The number of halogens is 5. The Morgan fingerprint density at radius 3 is 2.18 bits per heavy atom. The fourth-order valence-electron chi connectivity index (χ4n) is 2.84. The van der Waals surface area contributed by atoms with Crippen molar-refractivity contribution in [1.82, 2.24) is 4.98 Å². The van der Waals surface area contributed by atoms with E-state index in [0.29, 0.717) is 0 Å². The largest absolute Gasteiger partial charge is 0.465 e. The molecule has 0 bridgehead atoms. The van der Waals surface area contributed by atoms with Crippen molar-refractivity contribution < 1.29 is 31.1 Å². The highest BCUT2D eigenvalue weighted by atomic mass is 35.5. The molecule has 6 nitrogen and oxygen atoms in total. The van der Waals surface area contributed by atoms with E-state index in [1.165, 1.54) is 43.6 Å². The second-order valence-corrected chi connectivity index (χ2v) is 9.39. The molecule has 0 spiro atoms. The van der Waals surface area contributed by atoms with Gasteiger partial charge in [-0.2, -0.15) is 13.2 Å². The summed E-state index contributed by atoms with van der Waals surface area (Å²) >= 11 is 12.1. The Hall–Kier alpha value is -2.82. The molecule has 0 aliphatic heterocycles. The van der Waals surface area contributed by atoms with Crippen LogP contribution < -0.4 is 4.31 Å². The number of anilines is 1. The number of benzene rings is 2. The van der Waals surface area contributed by atoms with Gasteiger partial charge in [-0.1, -0.05) is 35.3 Å². The first kappa shape index (κ1) is 24.8. The molecule has 0 N–H and O–H groups in total. The molecule has 2 aromatic carbocycles. The van der Waals surface area contributed by atoms with E-state index in [0.717, 1.165) is 28.6 Å². The summed E-state index contributed by atoms with van der Waals surface area (Å²) in [4.78, 5) is 15.5. The zero-order valence-electron chi connectivity index (χ0n) is 16.8. The van der Waals surface area contributed by atoms with Crippen LogP contribution in [0.5, 0.6) is 0 Å². The summed E-state index contributed by atoms with van der Waals surface area (Å²) in [5, 5.41) is 0.0854. The number of carbonyl (C=O) groups excluding carboxylic acids is 1. The Balaban J connectivity index is 2.05. The van der Waals surface area contributed by atoms with E-state index in [-0.39, 0.29) is 38.4 Å². The quantitative estimate of drug-likeness (QED) is 0.397. The number of hydrogen-bond acceptors (Lipinski definition) is 5. The summed E-state index contributed by atoms with van der Waals surface area (Å²) < 4.78 is 71.0. The summed E-state index contributed by atoms with van der Waals surface area (Å²) in [5.41, 5.74) is -0.485. The van der Waals surface area contributed by atoms with Gasteiger partial charge in [0, 0.05) is 6.20 Å². The number of pyridine rings is 1. The van der Waals surface area contributed by atoms with Crippen LogP contribution in [0.2, 0.25) is 10.0 Å². The number of esters is 1. The highest BCUT2D eigenvalue weighted by Crippen LogP contribution is 2.33. The van der Waals surface area contributed by atoms with Gasteiger partial charge in [0.05, 0.1) is 39.7 Å². The number of hydrogen-bond donors (Lipinski definition) is 0. The number of alkyl halides is 3. The van der Waals surface area contributed by atoms with Gasteiger partial charge in [-0.3, -0.25) is 0 Å². The smallest absolute Gasteiger partial charge is 0.416 e. The van der Waals surface area contributed by atoms with Gasteiger partial charge in [-0.15, -0.1) is 0 Å². The predicted octanol–water partition coefficient (Wildman–Crippen LogP) is 5.59. The van der Waals surface area contributed by atoms with Crippen LogP contribution in [-0.4, -0.2) is 26.5 Å². The molecule has 0 fully saturated rings. The van der Waals surface area contributed by atoms with Crippen molar-refractivity contribution in [3.8, 4) is 0 Å². The molecular weight excluding hydrogens is 504 g/mol. The molecule has 0 unspecified atom stereocenters. The lowest BCUT2D eigenvalue weighted by Crippen LogP contribution is -2.31. The number of rotatable bonds is 6. The summed E-state index contributed by atoms with van der Waals surface area (Å²) in [6.45, 7) is -0.367. The average Bonchev–Trinajstić information content (AvgIpc) is 2.77. The summed E-state index contributed by atoms with van der Waals surface area (Å²) in [6, 6.07) is 10.3. The van der Waals surface area contributed by atoms with Crippen molar-refractivity contribution in [2.24, 2.45) is 0 Å². The normalized spacial score (nSPS) is 11.8. The van der Waals surface area contributed by atoms with Gasteiger partial charge in [-0.25, -0.2) is 22.5 Å². The molecule has 0 saturated heterocycles. The molecule has 174 valence electrons. The number of ether oxygens (including phenoxy) is 1. The second kappa shape index (κ2) is 9.58. The van der Waals surface area contributed by atoms with E-state index in [2.05, 4.69) is 9.72 Å². The molecule has 1 heterocycles. The standard InChI is InChI=1S/C21H15Cl2F3N2O4S/c1-32-20(29)14-4-8-17(9-5-14)33(30,31)28(19-18(23)10-16(22)11-27-19)12-13-2-6-15(7-3-13)21(24,25)26/h2-11H,12H2,1H3. The molecule has 3 rings (SSSR count). The van der Waals surface area contributed by atoms with Crippen LogP contribution in [0.25, 0.3) is 0 Å². The Morgan fingerprint density at radius 2 is 1.67 bits per heavy atom. The molecule has 33 heavy (non-hydrogen) atoms. The minimum Gasteiger partial charge on any atom is -0.465 e. The fourth-order valence-corrected chi connectivity index (χ4v) is 4.80. The van der Waals surface area contributed by atoms with Gasteiger partial charge in [0.1, 0.15) is 0 Å². The molecular formula is C21H15Cl2F3N2O4S. The highest BCUT2D eigenvalue weighted by molar-refractivity contribution is 7.92. The Kier molecular flexibility index (Phi) is 7.20. The van der Waals surface area contributed by atoms with E-state index in [9.17, 15) is 26.4 Å². The van der Waals surface area contributed by atoms with Crippen molar-refractivity contribution in [2.75, 3.05) is 11.4 Å². The van der Waals surface area contributed by atoms with Crippen LogP contribution >= 0.6 is 23.2 Å². The van der Waals surface area contributed by atoms with Crippen LogP contribution in [0.1, 0.15) is 21.5 Å². The monoisotopic (exact) mass is 518 g/mol. The summed E-state index contributed by atoms with van der Waals surface area (Å²) in [5.74, 6) is -0.819. The van der Waals surface area contributed by atoms with Crippen molar-refractivity contribution in [1.29, 1.82) is 0 Å². The maximum Gasteiger partial charge on any atom is 0.416 e. The number of nitrogens with zero attached hydrogens (tertiary/aromatic N) is 2. The molecule has 3 aromatic rings. The maximum atomic E-state index is 13.4. The lowest BCUT2D eigenvalue weighted by molar-refractivity contribution is -0.137. The summed E-state index contributed by atoms with van der Waals surface area (Å²) in [6.07, 6.45) is -3.34. The molecule has 0 amide bonds. The van der Waals surface area contributed by atoms with Gasteiger partial charge in [0.2, 0.25) is 0 Å². The van der Waals surface area contributed by atoms with E-state index < -0.39 is 27.7 Å². The average molecular weight is 519 g/mol. The fraction of sp³-hybridized carbons (Fsp3) is 0.143. The van der Waals surface area contributed by atoms with Gasteiger partial charge >= 0.3 is 12.1 Å². The maximum absolute atomic E-state index is 13.4. The first-order chi connectivity index (χ1) is 15.4. The Bertz CT molecular complexity index is 1270. The second-order valence-electron chi connectivity index (χ2n) is 6.68. The van der Waals surface area contributed by atoms with Gasteiger partial charge in [0.15, 0.2) is 5.82 Å². The van der Waals surface area contributed by atoms with Crippen LogP contribution in [0.15, 0.2) is 65.7 Å². The van der Waals surface area contributed by atoms with Crippen LogP contribution in [0.3, 0.4) is 0 Å². The molecule has 0 aliphatic carbocycles. The van der Waals surface area contributed by atoms with Crippen molar-refractivity contribution in [3.63, 3.8) is 0 Å². The minimum absolute atomic E-state index is 0.0795. The Labute approximate surface area is 197 Å². The van der Waals surface area contributed by atoms with Crippen molar-refractivity contribution in [2.45, 2.75) is 17.6 Å². The van der Waals surface area contributed by atoms with Gasteiger partial charge in [0.25, 0.3) is 10.0 Å². The van der Waals surface area contributed by atoms with Gasteiger partial charge < -0.3 is 4.74 Å². The summed E-state index contributed by atoms with van der Waals surface area (Å²) in [7, 11) is -3.12. The lowest BCUT2D eigenvalue weighted by atomic mass is 10.1. The first-order valence-electron chi connectivity index (χ1n) is 9.12. The van der Waals surface area contributed by atoms with E-state index in [4.69, 9.17) is 23.2 Å². The zero-order valence-corrected chi connectivity index (χ0v) is 19.1. The van der Waals surface area contributed by atoms with Crippen LogP contribution in [-0.2, 0) is 27.5 Å². The lowest BCUT2D eigenvalue weighted by Gasteiger charge is -2.25. The minimum atomic E-state index is -4.53. The molecule has 0 atom stereocenters. The number of methoxy groups -OCH3 is 1. The van der Waals surface area contributed by atoms with Crippen molar-refractivity contribution in [3.05, 3.63) is 87.5 Å². The number of carbonyl (C=O) groups is 1. The predicted molar refractivity (Wildman–Crippen MR) is 117 cm³/mol.